The van der Waals surface area contributed by atoms with Gasteiger partial charge in [-0.2, -0.15) is 8.42 Å². The Kier molecular flexibility index (Phi) is 10.1. The molecule has 8 amide bonds. The number of imide groups is 2. The van der Waals surface area contributed by atoms with Crippen molar-refractivity contribution in [2.24, 2.45) is 5.16 Å². The number of rotatable bonds is 10. The van der Waals surface area contributed by atoms with E-state index in [0.717, 1.165) is 17.5 Å². The smallest absolute Gasteiger partial charge is 0.361 e. The highest BCUT2D eigenvalue weighted by molar-refractivity contribution is 7.88. The Morgan fingerprint density at radius 1 is 1.14 bits per heavy atom. The maximum Gasteiger partial charge on any atom is 0.361 e. The molecule has 2 aliphatic rings. The molecule has 4 heterocycles. The van der Waals surface area contributed by atoms with Crippen LogP contribution in [0, 0.1) is 0 Å². The number of urea groups is 2. The number of nitrogens with two attached hydrogens (primary N) is 1. The number of anilines is 1. The number of thiazole rings is 1. The van der Waals surface area contributed by atoms with Gasteiger partial charge in [0.2, 0.25) is 11.0 Å². The molecular formula is C26H30N10O13S2. The zero-order valence-electron chi connectivity index (χ0n) is 27.2. The Bertz CT molecular complexity index is 2030. The van der Waals surface area contributed by atoms with Crippen molar-refractivity contribution >= 4 is 74.0 Å². The maximum absolute atomic E-state index is 13.2. The van der Waals surface area contributed by atoms with Crippen molar-refractivity contribution < 1.29 is 56.7 Å². The lowest BCUT2D eigenvalue weighted by atomic mass is 10.1. The van der Waals surface area contributed by atoms with Crippen LogP contribution in [0.2, 0.25) is 0 Å². The van der Waals surface area contributed by atoms with Crippen LogP contribution in [-0.2, 0) is 39.0 Å². The van der Waals surface area contributed by atoms with Crippen LogP contribution in [0.1, 0.15) is 50.8 Å². The average Bonchev–Trinajstić information content (AvgIpc) is 3.56. The lowest BCUT2D eigenvalue weighted by Gasteiger charge is -2.36. The molecule has 1 unspecified atom stereocenters. The summed E-state index contributed by atoms with van der Waals surface area (Å²) in [6.07, 6.45) is 0.779. The van der Waals surface area contributed by atoms with Crippen molar-refractivity contribution in [2.45, 2.75) is 51.9 Å². The number of hydrogen-bond donors (Lipinski definition) is 6. The van der Waals surface area contributed by atoms with Gasteiger partial charge >= 0.3 is 28.2 Å². The van der Waals surface area contributed by atoms with Crippen LogP contribution in [0.3, 0.4) is 0 Å². The van der Waals surface area contributed by atoms with Crippen LogP contribution in [0.25, 0.3) is 0 Å². The molecular weight excluding hydrogens is 724 g/mol. The number of amides is 8. The van der Waals surface area contributed by atoms with E-state index in [0.29, 0.717) is 11.0 Å². The minimum absolute atomic E-state index is 0.0369. The second kappa shape index (κ2) is 13.7. The van der Waals surface area contributed by atoms with Gasteiger partial charge in [-0.3, -0.25) is 34.3 Å². The molecule has 23 nitrogen and oxygen atoms in total. The summed E-state index contributed by atoms with van der Waals surface area (Å²) in [5.74, 6) is -6.28. The third-order valence-corrected chi connectivity index (χ3v) is 8.42. The van der Waals surface area contributed by atoms with Crippen LogP contribution >= 0.6 is 11.3 Å². The zero-order valence-corrected chi connectivity index (χ0v) is 28.8. The number of likely N-dealkylation sites (tertiary alicyclic amines) is 1. The number of pyridine rings is 1. The summed E-state index contributed by atoms with van der Waals surface area (Å²) < 4.78 is 32.0. The number of ether oxygens (including phenoxy) is 1. The Hall–Kier alpha value is -6.11. The van der Waals surface area contributed by atoms with Crippen molar-refractivity contribution in [1.82, 2.24) is 39.6 Å². The van der Waals surface area contributed by atoms with E-state index in [-0.39, 0.29) is 20.1 Å². The van der Waals surface area contributed by atoms with Crippen molar-refractivity contribution in [1.29, 1.82) is 0 Å². The normalized spacial score (nSPS) is 16.8. The molecule has 274 valence electrons. The van der Waals surface area contributed by atoms with E-state index in [4.69, 9.17) is 15.3 Å². The molecule has 0 bridgehead atoms. The molecule has 2 aliphatic heterocycles. The summed E-state index contributed by atoms with van der Waals surface area (Å²) in [7, 11) is -5.30. The summed E-state index contributed by atoms with van der Waals surface area (Å²) in [5.41, 5.74) is 2.98. The largest absolute Gasteiger partial charge is 0.503 e. The van der Waals surface area contributed by atoms with Gasteiger partial charge in [0.25, 0.3) is 23.6 Å². The van der Waals surface area contributed by atoms with E-state index in [1.165, 1.54) is 23.9 Å². The second-order valence-electron chi connectivity index (χ2n) is 12.1. The van der Waals surface area contributed by atoms with Gasteiger partial charge in [-0.15, -0.1) is 15.6 Å². The van der Waals surface area contributed by atoms with Crippen LogP contribution in [0.5, 0.6) is 5.75 Å². The number of esters is 1. The highest BCUT2D eigenvalue weighted by atomic mass is 32.2. The molecule has 25 heteroatoms. The number of hydrazine groups is 1. The molecule has 2 aromatic rings. The SMILES string of the molecule is CC(C)(C)OC(=O)C(C)(C)ON=C(C(=O)NC1CN(C(=O)NS(=O)(=O)N2C(=O)CN(NC(=O)c3cc(=O)c(O)c[nH]3)C2=O)C1=O)c1csc(N)n1. The molecule has 0 saturated carbocycles. The standard InChI is InChI=1S/C26H30N10O13S2/c1-25(2,3)48-21(43)26(4,5)49-32-17(13-10-50-22(27)30-13)19(41)29-12-8-34(20(12)42)23(44)33-51(46,47)36-16(39)9-35(24(36)45)31-18(40)11-6-14(37)15(38)7-28-11/h6-7,10,12,38H,8-9H2,1-5H3,(H2,27,30)(H,28,37)(H,29,41)(H,31,40)(H,33,44). The summed E-state index contributed by atoms with van der Waals surface area (Å²) >= 11 is 0.937. The van der Waals surface area contributed by atoms with Crippen molar-refractivity contribution in [3.63, 3.8) is 0 Å². The number of oxime groups is 1. The lowest BCUT2D eigenvalue weighted by Crippen LogP contribution is -2.68. The Labute approximate surface area is 290 Å². The molecule has 2 aromatic heterocycles. The van der Waals surface area contributed by atoms with Crippen LogP contribution < -0.4 is 26.6 Å². The Morgan fingerprint density at radius 2 is 1.80 bits per heavy atom. The van der Waals surface area contributed by atoms with Gasteiger partial charge in [-0.25, -0.2) is 29.1 Å². The van der Waals surface area contributed by atoms with Gasteiger partial charge < -0.3 is 30.7 Å². The first-order chi connectivity index (χ1) is 23.5. The number of nitrogens with zero attached hydrogens (tertiary/aromatic N) is 5. The molecule has 0 radical (unpaired) electrons. The number of β-lactam (4-membered cyclic amide) rings is 1. The fourth-order valence-electron chi connectivity index (χ4n) is 3.94. The first-order valence-corrected chi connectivity index (χ1v) is 16.6. The number of carbonyl (C=O) groups is 7. The molecule has 2 fully saturated rings. The van der Waals surface area contributed by atoms with E-state index in [2.05, 4.69) is 20.4 Å². The van der Waals surface area contributed by atoms with Gasteiger partial charge in [-0.05, 0) is 34.6 Å². The summed E-state index contributed by atoms with van der Waals surface area (Å²) in [6, 6.07) is -3.95. The number of aromatic nitrogens is 2. The molecule has 7 N–H and O–H groups in total. The monoisotopic (exact) mass is 754 g/mol. The number of nitrogens with one attached hydrogen (secondary N) is 4. The fraction of sp³-hybridized carbons (Fsp3) is 0.385. The zero-order chi connectivity index (χ0) is 38.2. The number of H-pyrrole nitrogens is 1. The molecule has 0 aromatic carbocycles. The number of aromatic amines is 1. The van der Waals surface area contributed by atoms with Gasteiger partial charge in [-0.1, -0.05) is 5.16 Å². The number of carbonyl (C=O) groups excluding carboxylic acids is 7. The van der Waals surface area contributed by atoms with Gasteiger partial charge in [0.15, 0.2) is 16.6 Å². The molecule has 0 spiro atoms. The van der Waals surface area contributed by atoms with E-state index in [1.54, 1.807) is 20.8 Å². The van der Waals surface area contributed by atoms with Gasteiger partial charge in [0, 0.05) is 17.6 Å². The topological polar surface area (TPSA) is 322 Å². The van der Waals surface area contributed by atoms with Gasteiger partial charge in [0.05, 0.1) is 6.54 Å². The molecule has 51 heavy (non-hydrogen) atoms. The number of hydrogen-bond acceptors (Lipinski definition) is 17. The fourth-order valence-corrected chi connectivity index (χ4v) is 5.54. The van der Waals surface area contributed by atoms with Crippen LogP contribution in [-0.4, -0.2) is 115 Å². The van der Waals surface area contributed by atoms with Gasteiger partial charge in [0.1, 0.15) is 29.6 Å². The Morgan fingerprint density at radius 3 is 2.37 bits per heavy atom. The quantitative estimate of drug-likeness (QED) is 0.0495. The number of aromatic hydroxyl groups is 1. The third kappa shape index (κ3) is 8.38. The van der Waals surface area contributed by atoms with E-state index < -0.39 is 105 Å². The molecule has 2 saturated heterocycles. The number of nitrogen functional groups attached to an aromatic ring is 1. The highest BCUT2D eigenvalue weighted by Gasteiger charge is 2.49. The van der Waals surface area contributed by atoms with Crippen molar-refractivity contribution in [3.05, 3.63) is 39.3 Å². The third-order valence-electron chi connectivity index (χ3n) is 6.47. The first kappa shape index (κ1) is 37.7. The Balaban J connectivity index is 1.39. The first-order valence-electron chi connectivity index (χ1n) is 14.3. The van der Waals surface area contributed by atoms with E-state index in [9.17, 15) is 51.9 Å². The second-order valence-corrected chi connectivity index (χ2v) is 14.5. The van der Waals surface area contributed by atoms with E-state index >= 15 is 0 Å². The lowest BCUT2D eigenvalue weighted by molar-refractivity contribution is -0.179. The predicted octanol–water partition coefficient (Wildman–Crippen LogP) is -2.15. The van der Waals surface area contributed by atoms with E-state index in [1.807, 2.05) is 5.43 Å². The maximum atomic E-state index is 13.2. The summed E-state index contributed by atoms with van der Waals surface area (Å²) in [5, 5.41) is 17.0. The van der Waals surface area contributed by atoms with Crippen LogP contribution in [0.15, 0.2) is 27.6 Å². The van der Waals surface area contributed by atoms with Crippen LogP contribution in [0.4, 0.5) is 14.7 Å². The predicted molar refractivity (Wildman–Crippen MR) is 170 cm³/mol. The average molecular weight is 755 g/mol. The van der Waals surface area contributed by atoms with Crippen molar-refractivity contribution in [2.75, 3.05) is 18.8 Å². The van der Waals surface area contributed by atoms with Crippen molar-refractivity contribution in [3.8, 4) is 5.75 Å². The molecule has 0 aliphatic carbocycles. The minimum Gasteiger partial charge on any atom is -0.503 e. The minimum atomic E-state index is -5.30. The molecule has 1 atom stereocenters. The summed E-state index contributed by atoms with van der Waals surface area (Å²) in [6.45, 7) is 5.95. The molecule has 4 rings (SSSR count). The summed E-state index contributed by atoms with van der Waals surface area (Å²) in [4.78, 5) is 112. The highest BCUT2D eigenvalue weighted by Crippen LogP contribution is 2.20.